The second kappa shape index (κ2) is 7.59. The van der Waals surface area contributed by atoms with Crippen molar-refractivity contribution in [3.63, 3.8) is 0 Å². The lowest BCUT2D eigenvalue weighted by Crippen LogP contribution is -2.32. The number of pyridine rings is 1. The van der Waals surface area contributed by atoms with E-state index in [-0.39, 0.29) is 11.3 Å². The molecule has 0 aliphatic carbocycles. The zero-order chi connectivity index (χ0) is 19.6. The second-order valence-electron chi connectivity index (χ2n) is 8.36. The van der Waals surface area contributed by atoms with Crippen molar-refractivity contribution in [1.29, 1.82) is 0 Å². The predicted molar refractivity (Wildman–Crippen MR) is 106 cm³/mol. The predicted octanol–water partition coefficient (Wildman–Crippen LogP) is 4.31. The highest BCUT2D eigenvalue weighted by atomic mass is 16.5. The quantitative estimate of drug-likeness (QED) is 0.789. The van der Waals surface area contributed by atoms with E-state index < -0.39 is 6.10 Å². The standard InChI is InChI=1S/C22H28N2O3/c1-15-6-9-20(23-13-15)27-19-10-11-24(21(19)25)17-7-8-18(16(2)12-17)26-14-22(3,4)5/h6-9,12-13,19H,10-11,14H2,1-5H3. The Kier molecular flexibility index (Phi) is 5.40. The number of ether oxygens (including phenoxy) is 2. The van der Waals surface area contributed by atoms with Crippen LogP contribution in [0.3, 0.4) is 0 Å². The average Bonchev–Trinajstić information content (AvgIpc) is 2.96. The summed E-state index contributed by atoms with van der Waals surface area (Å²) in [4.78, 5) is 18.8. The summed E-state index contributed by atoms with van der Waals surface area (Å²) in [5, 5.41) is 0. The zero-order valence-electron chi connectivity index (χ0n) is 16.8. The summed E-state index contributed by atoms with van der Waals surface area (Å²) in [5.74, 6) is 1.32. The molecule has 2 heterocycles. The highest BCUT2D eigenvalue weighted by molar-refractivity contribution is 5.99. The number of carbonyl (C=O) groups excluding carboxylic acids is 1. The molecule has 1 atom stereocenters. The number of anilines is 1. The third kappa shape index (κ3) is 4.79. The second-order valence-corrected chi connectivity index (χ2v) is 8.36. The molecule has 3 rings (SSSR count). The van der Waals surface area contributed by atoms with Gasteiger partial charge in [-0.25, -0.2) is 4.98 Å². The average molecular weight is 368 g/mol. The molecule has 5 heteroatoms. The number of carbonyl (C=O) groups is 1. The Balaban J connectivity index is 1.67. The smallest absolute Gasteiger partial charge is 0.268 e. The van der Waals surface area contributed by atoms with E-state index in [1.54, 1.807) is 17.2 Å². The summed E-state index contributed by atoms with van der Waals surface area (Å²) < 4.78 is 11.7. The molecule has 0 spiro atoms. The maximum absolute atomic E-state index is 12.8. The Morgan fingerprint density at radius 3 is 2.59 bits per heavy atom. The van der Waals surface area contributed by atoms with Gasteiger partial charge < -0.3 is 14.4 Å². The van der Waals surface area contributed by atoms with Crippen LogP contribution < -0.4 is 14.4 Å². The van der Waals surface area contributed by atoms with Crippen LogP contribution in [0.1, 0.15) is 38.3 Å². The molecule has 1 aromatic heterocycles. The number of benzene rings is 1. The van der Waals surface area contributed by atoms with Crippen LogP contribution in [0.15, 0.2) is 36.5 Å². The van der Waals surface area contributed by atoms with Gasteiger partial charge in [-0.1, -0.05) is 26.8 Å². The van der Waals surface area contributed by atoms with E-state index in [1.807, 2.05) is 38.1 Å². The van der Waals surface area contributed by atoms with Crippen LogP contribution in [-0.4, -0.2) is 30.1 Å². The number of aromatic nitrogens is 1. The minimum atomic E-state index is -0.489. The number of hydrogen-bond donors (Lipinski definition) is 0. The van der Waals surface area contributed by atoms with Crippen LogP contribution in [0, 0.1) is 19.3 Å². The molecule has 144 valence electrons. The van der Waals surface area contributed by atoms with Crippen molar-refractivity contribution in [2.45, 2.75) is 47.1 Å². The van der Waals surface area contributed by atoms with Crippen molar-refractivity contribution in [2.75, 3.05) is 18.1 Å². The molecule has 1 fully saturated rings. The third-order valence-corrected chi connectivity index (χ3v) is 4.43. The van der Waals surface area contributed by atoms with Gasteiger partial charge in [0.25, 0.3) is 5.91 Å². The molecular formula is C22H28N2O3. The maximum Gasteiger partial charge on any atom is 0.268 e. The summed E-state index contributed by atoms with van der Waals surface area (Å²) in [6, 6.07) is 9.62. The Morgan fingerprint density at radius 1 is 1.19 bits per heavy atom. The number of aryl methyl sites for hydroxylation is 2. The normalized spacial score (nSPS) is 17.3. The molecule has 27 heavy (non-hydrogen) atoms. The van der Waals surface area contributed by atoms with Crippen molar-refractivity contribution in [2.24, 2.45) is 5.41 Å². The third-order valence-electron chi connectivity index (χ3n) is 4.43. The Bertz CT molecular complexity index is 809. The molecule has 0 radical (unpaired) electrons. The van der Waals surface area contributed by atoms with Gasteiger partial charge in [0.15, 0.2) is 6.10 Å². The summed E-state index contributed by atoms with van der Waals surface area (Å²) in [7, 11) is 0. The maximum atomic E-state index is 12.8. The minimum absolute atomic E-state index is 0.0277. The Hall–Kier alpha value is -2.56. The van der Waals surface area contributed by atoms with Gasteiger partial charge in [-0.05, 0) is 48.6 Å². The fraction of sp³-hybridized carbons (Fsp3) is 0.455. The monoisotopic (exact) mass is 368 g/mol. The van der Waals surface area contributed by atoms with Gasteiger partial charge >= 0.3 is 0 Å². The van der Waals surface area contributed by atoms with E-state index in [0.717, 1.165) is 22.6 Å². The molecule has 0 bridgehead atoms. The minimum Gasteiger partial charge on any atom is -0.493 e. The van der Waals surface area contributed by atoms with Crippen molar-refractivity contribution in [3.05, 3.63) is 47.7 Å². The van der Waals surface area contributed by atoms with E-state index in [2.05, 4.69) is 25.8 Å². The van der Waals surface area contributed by atoms with Gasteiger partial charge in [0, 0.05) is 30.9 Å². The number of amides is 1. The molecule has 0 saturated carbocycles. The largest absolute Gasteiger partial charge is 0.493 e. The molecule has 0 N–H and O–H groups in total. The summed E-state index contributed by atoms with van der Waals surface area (Å²) in [5.41, 5.74) is 3.06. The van der Waals surface area contributed by atoms with Gasteiger partial charge in [0.2, 0.25) is 5.88 Å². The fourth-order valence-electron chi connectivity index (χ4n) is 2.95. The zero-order valence-corrected chi connectivity index (χ0v) is 16.8. The lowest BCUT2D eigenvalue weighted by molar-refractivity contribution is -0.123. The summed E-state index contributed by atoms with van der Waals surface area (Å²) in [6.45, 7) is 11.7. The molecule has 2 aromatic rings. The van der Waals surface area contributed by atoms with Gasteiger partial charge in [-0.2, -0.15) is 0 Å². The van der Waals surface area contributed by atoms with Crippen LogP contribution in [0.4, 0.5) is 5.69 Å². The van der Waals surface area contributed by atoms with Crippen LogP contribution in [-0.2, 0) is 4.79 Å². The topological polar surface area (TPSA) is 51.7 Å². The number of hydrogen-bond acceptors (Lipinski definition) is 4. The van der Waals surface area contributed by atoms with Crippen LogP contribution >= 0.6 is 0 Å². The van der Waals surface area contributed by atoms with Gasteiger partial charge in [-0.3, -0.25) is 4.79 Å². The summed E-state index contributed by atoms with van der Waals surface area (Å²) in [6.07, 6.45) is 1.90. The molecule has 1 aliphatic rings. The number of rotatable bonds is 5. The highest BCUT2D eigenvalue weighted by Crippen LogP contribution is 2.29. The van der Waals surface area contributed by atoms with E-state index in [1.165, 1.54) is 0 Å². The number of nitrogens with zero attached hydrogens (tertiary/aromatic N) is 2. The van der Waals surface area contributed by atoms with Crippen LogP contribution in [0.5, 0.6) is 11.6 Å². The molecule has 1 aliphatic heterocycles. The lowest BCUT2D eigenvalue weighted by Gasteiger charge is -2.21. The first kappa shape index (κ1) is 19.2. The first-order valence-electron chi connectivity index (χ1n) is 9.37. The van der Waals surface area contributed by atoms with Crippen molar-refractivity contribution < 1.29 is 14.3 Å². The van der Waals surface area contributed by atoms with Gasteiger partial charge in [-0.15, -0.1) is 0 Å². The lowest BCUT2D eigenvalue weighted by atomic mass is 9.98. The Labute approximate surface area is 161 Å². The van der Waals surface area contributed by atoms with Crippen molar-refractivity contribution in [1.82, 2.24) is 4.98 Å². The molecule has 5 nitrogen and oxygen atoms in total. The summed E-state index contributed by atoms with van der Waals surface area (Å²) >= 11 is 0. The molecule has 1 saturated heterocycles. The van der Waals surface area contributed by atoms with E-state index in [4.69, 9.17) is 9.47 Å². The molecule has 1 aromatic carbocycles. The Morgan fingerprint density at radius 2 is 1.96 bits per heavy atom. The fourth-order valence-corrected chi connectivity index (χ4v) is 2.95. The van der Waals surface area contributed by atoms with Crippen LogP contribution in [0.2, 0.25) is 0 Å². The SMILES string of the molecule is Cc1ccc(OC2CCN(c3ccc(OCC(C)(C)C)c(C)c3)C2=O)nc1. The van der Waals surface area contributed by atoms with E-state index in [9.17, 15) is 4.79 Å². The molecule has 1 unspecified atom stereocenters. The van der Waals surface area contributed by atoms with E-state index >= 15 is 0 Å². The first-order valence-corrected chi connectivity index (χ1v) is 9.37. The van der Waals surface area contributed by atoms with Crippen molar-refractivity contribution in [3.8, 4) is 11.6 Å². The van der Waals surface area contributed by atoms with Crippen molar-refractivity contribution >= 4 is 11.6 Å². The van der Waals surface area contributed by atoms with Gasteiger partial charge in [0.1, 0.15) is 5.75 Å². The highest BCUT2D eigenvalue weighted by Gasteiger charge is 2.34. The van der Waals surface area contributed by atoms with Gasteiger partial charge in [0.05, 0.1) is 6.61 Å². The molecular weight excluding hydrogens is 340 g/mol. The first-order chi connectivity index (χ1) is 12.7. The van der Waals surface area contributed by atoms with Crippen LogP contribution in [0.25, 0.3) is 0 Å². The molecule has 1 amide bonds. The van der Waals surface area contributed by atoms with E-state index in [0.29, 0.717) is 25.5 Å².